The van der Waals surface area contributed by atoms with Gasteiger partial charge in [0.1, 0.15) is 12.2 Å². The second kappa shape index (κ2) is 11.5. The van der Waals surface area contributed by atoms with E-state index >= 15 is 0 Å². The Balaban J connectivity index is 2.27. The molecule has 0 N–H and O–H groups in total. The molecule has 30 heavy (non-hydrogen) atoms. The minimum atomic E-state index is -0.373. The van der Waals surface area contributed by atoms with Crippen molar-refractivity contribution in [3.8, 4) is 0 Å². The van der Waals surface area contributed by atoms with Crippen LogP contribution in [-0.4, -0.2) is 24.1 Å². The van der Waals surface area contributed by atoms with Gasteiger partial charge in [-0.1, -0.05) is 55.8 Å². The Hall–Kier alpha value is -2.62. The molecule has 0 aromatic heterocycles. The normalized spacial score (nSPS) is 22.9. The van der Waals surface area contributed by atoms with Crippen LogP contribution >= 0.6 is 0 Å². The number of rotatable bonds is 5. The molecule has 0 heterocycles. The van der Waals surface area contributed by atoms with Gasteiger partial charge in [0.15, 0.2) is 0 Å². The lowest BCUT2D eigenvalue weighted by Gasteiger charge is -2.30. The monoisotopic (exact) mass is 410 g/mol. The standard InChI is InChI=1S/C26H34O4/c1-18(2)23-14-11-19(3)12-15-24(29-21(5)27)20(4)17-25(23)30-26(28)16-13-22-9-7-6-8-10-22/h6-10,12-13,16-18,23-25H,11,14-15H2,1-5H3. The highest BCUT2D eigenvalue weighted by Crippen LogP contribution is 2.30. The van der Waals surface area contributed by atoms with Gasteiger partial charge in [-0.3, -0.25) is 4.79 Å². The molecule has 3 unspecified atom stereocenters. The van der Waals surface area contributed by atoms with Gasteiger partial charge < -0.3 is 9.47 Å². The lowest BCUT2D eigenvalue weighted by Crippen LogP contribution is -2.30. The minimum absolute atomic E-state index is 0.174. The van der Waals surface area contributed by atoms with E-state index in [1.807, 2.05) is 43.3 Å². The van der Waals surface area contributed by atoms with Crippen molar-refractivity contribution in [2.24, 2.45) is 11.8 Å². The van der Waals surface area contributed by atoms with Crippen LogP contribution in [0.15, 0.2) is 59.7 Å². The predicted molar refractivity (Wildman–Crippen MR) is 121 cm³/mol. The van der Waals surface area contributed by atoms with Crippen molar-refractivity contribution in [1.29, 1.82) is 0 Å². The molecule has 0 fully saturated rings. The molecular weight excluding hydrogens is 376 g/mol. The molecule has 1 aromatic carbocycles. The molecule has 0 amide bonds. The molecule has 0 bridgehead atoms. The van der Waals surface area contributed by atoms with E-state index < -0.39 is 0 Å². The molecule has 4 heteroatoms. The van der Waals surface area contributed by atoms with Gasteiger partial charge in [-0.15, -0.1) is 0 Å². The highest BCUT2D eigenvalue weighted by Gasteiger charge is 2.28. The van der Waals surface area contributed by atoms with E-state index in [0.717, 1.165) is 24.0 Å². The maximum absolute atomic E-state index is 12.6. The van der Waals surface area contributed by atoms with E-state index in [9.17, 15) is 9.59 Å². The van der Waals surface area contributed by atoms with E-state index in [1.165, 1.54) is 18.6 Å². The third-order valence-corrected chi connectivity index (χ3v) is 5.54. The first-order chi connectivity index (χ1) is 14.3. The number of carbonyl (C=O) groups is 2. The molecular formula is C26H34O4. The van der Waals surface area contributed by atoms with Gasteiger partial charge in [-0.25, -0.2) is 4.79 Å². The predicted octanol–water partition coefficient (Wildman–Crippen LogP) is 5.89. The fourth-order valence-electron chi connectivity index (χ4n) is 3.72. The highest BCUT2D eigenvalue weighted by molar-refractivity contribution is 5.87. The Morgan fingerprint density at radius 3 is 2.43 bits per heavy atom. The molecule has 1 aliphatic carbocycles. The van der Waals surface area contributed by atoms with Gasteiger partial charge in [0.05, 0.1) is 0 Å². The summed E-state index contributed by atoms with van der Waals surface area (Å²) >= 11 is 0. The topological polar surface area (TPSA) is 52.6 Å². The third kappa shape index (κ3) is 7.66. The van der Waals surface area contributed by atoms with E-state index in [4.69, 9.17) is 9.47 Å². The Morgan fingerprint density at radius 2 is 1.80 bits per heavy atom. The number of hydrogen-bond acceptors (Lipinski definition) is 4. The van der Waals surface area contributed by atoms with Crippen molar-refractivity contribution >= 4 is 18.0 Å². The second-order valence-corrected chi connectivity index (χ2v) is 8.39. The van der Waals surface area contributed by atoms with Crippen molar-refractivity contribution < 1.29 is 19.1 Å². The minimum Gasteiger partial charge on any atom is -0.458 e. The maximum Gasteiger partial charge on any atom is 0.331 e. The van der Waals surface area contributed by atoms with Crippen molar-refractivity contribution in [3.63, 3.8) is 0 Å². The highest BCUT2D eigenvalue weighted by atomic mass is 16.5. The van der Waals surface area contributed by atoms with Gasteiger partial charge in [-0.05, 0) is 55.9 Å². The van der Waals surface area contributed by atoms with Crippen molar-refractivity contribution in [2.45, 2.75) is 66.1 Å². The largest absolute Gasteiger partial charge is 0.458 e. The summed E-state index contributed by atoms with van der Waals surface area (Å²) in [4.78, 5) is 24.2. The lowest BCUT2D eigenvalue weighted by molar-refractivity contribution is -0.146. The fourth-order valence-corrected chi connectivity index (χ4v) is 3.72. The number of hydrogen-bond donors (Lipinski definition) is 0. The SMILES string of the molecule is CC(=O)OC1CC=C(C)CCC(C(C)C)C(OC(=O)C=Cc2ccccc2)C=C1C. The zero-order chi connectivity index (χ0) is 22.1. The van der Waals surface area contributed by atoms with Crippen LogP contribution in [-0.2, 0) is 19.1 Å². The third-order valence-electron chi connectivity index (χ3n) is 5.54. The summed E-state index contributed by atoms with van der Waals surface area (Å²) in [6.07, 6.45) is 9.14. The Morgan fingerprint density at radius 1 is 1.10 bits per heavy atom. The zero-order valence-corrected chi connectivity index (χ0v) is 18.8. The first kappa shape index (κ1) is 23.7. The average molecular weight is 411 g/mol. The number of carbonyl (C=O) groups excluding carboxylic acids is 2. The van der Waals surface area contributed by atoms with Gasteiger partial charge in [0, 0.05) is 25.3 Å². The molecule has 0 saturated carbocycles. The smallest absolute Gasteiger partial charge is 0.331 e. The summed E-state index contributed by atoms with van der Waals surface area (Å²) in [5.74, 6) is -0.166. The van der Waals surface area contributed by atoms with E-state index in [0.29, 0.717) is 12.3 Å². The number of esters is 2. The molecule has 0 spiro atoms. The van der Waals surface area contributed by atoms with E-state index in [-0.39, 0.29) is 30.1 Å². The lowest BCUT2D eigenvalue weighted by atomic mass is 9.83. The van der Waals surface area contributed by atoms with Crippen LogP contribution in [0.1, 0.15) is 59.4 Å². The fraction of sp³-hybridized carbons (Fsp3) is 0.462. The quantitative estimate of drug-likeness (QED) is 0.345. The van der Waals surface area contributed by atoms with Crippen molar-refractivity contribution in [1.82, 2.24) is 0 Å². The molecule has 2 rings (SSSR count). The van der Waals surface area contributed by atoms with Gasteiger partial charge in [-0.2, -0.15) is 0 Å². The molecule has 3 atom stereocenters. The summed E-state index contributed by atoms with van der Waals surface area (Å²) < 4.78 is 11.4. The molecule has 4 nitrogen and oxygen atoms in total. The molecule has 162 valence electrons. The van der Waals surface area contributed by atoms with E-state index in [2.05, 4.69) is 26.8 Å². The van der Waals surface area contributed by atoms with Gasteiger partial charge in [0.25, 0.3) is 0 Å². The maximum atomic E-state index is 12.6. The van der Waals surface area contributed by atoms with E-state index in [1.54, 1.807) is 6.08 Å². The number of allylic oxidation sites excluding steroid dienone is 1. The summed E-state index contributed by atoms with van der Waals surface area (Å²) in [6.45, 7) is 9.78. The van der Waals surface area contributed by atoms with Gasteiger partial charge in [0.2, 0.25) is 0 Å². The van der Waals surface area contributed by atoms with Crippen LogP contribution in [0.5, 0.6) is 0 Å². The average Bonchev–Trinajstić information content (AvgIpc) is 2.69. The Kier molecular flexibility index (Phi) is 9.10. The van der Waals surface area contributed by atoms with Crippen LogP contribution in [0.3, 0.4) is 0 Å². The molecule has 0 aliphatic heterocycles. The Bertz CT molecular complexity index is 802. The molecule has 0 radical (unpaired) electrons. The summed E-state index contributed by atoms with van der Waals surface area (Å²) in [5, 5.41) is 0. The molecule has 0 saturated heterocycles. The Labute approximate surface area is 180 Å². The summed E-state index contributed by atoms with van der Waals surface area (Å²) in [5.41, 5.74) is 3.12. The number of ether oxygens (including phenoxy) is 2. The first-order valence-corrected chi connectivity index (χ1v) is 10.7. The summed E-state index contributed by atoms with van der Waals surface area (Å²) in [6, 6.07) is 9.67. The number of benzene rings is 1. The zero-order valence-electron chi connectivity index (χ0n) is 18.8. The van der Waals surface area contributed by atoms with Crippen LogP contribution in [0.2, 0.25) is 0 Å². The summed E-state index contributed by atoms with van der Waals surface area (Å²) in [7, 11) is 0. The second-order valence-electron chi connectivity index (χ2n) is 8.39. The van der Waals surface area contributed by atoms with Crippen molar-refractivity contribution in [3.05, 3.63) is 65.3 Å². The van der Waals surface area contributed by atoms with Gasteiger partial charge >= 0.3 is 11.9 Å². The first-order valence-electron chi connectivity index (χ1n) is 10.7. The molecule has 1 aromatic rings. The van der Waals surface area contributed by atoms with Crippen molar-refractivity contribution in [2.75, 3.05) is 0 Å². The van der Waals surface area contributed by atoms with Crippen LogP contribution in [0, 0.1) is 11.8 Å². The van der Waals surface area contributed by atoms with Crippen LogP contribution < -0.4 is 0 Å². The molecule has 1 aliphatic rings. The van der Waals surface area contributed by atoms with Crippen LogP contribution in [0.25, 0.3) is 6.08 Å². The van der Waals surface area contributed by atoms with Crippen LogP contribution in [0.4, 0.5) is 0 Å².